The summed E-state index contributed by atoms with van der Waals surface area (Å²) >= 11 is 1.98. The molecule has 0 aromatic rings. The van der Waals surface area contributed by atoms with E-state index in [9.17, 15) is 4.39 Å². The Morgan fingerprint density at radius 1 is 1.46 bits per heavy atom. The molecule has 3 heteroatoms. The first-order valence-electron chi connectivity index (χ1n) is 5.07. The Morgan fingerprint density at radius 2 is 2.15 bits per heavy atom. The highest BCUT2D eigenvalue weighted by Gasteiger charge is 2.53. The standard InChI is InChI=1S/C10H18FNS/c1-9(11)6-10(12,7-9)8-3-2-4-13-5-8/h8H,2-7,12H2,1H3. The van der Waals surface area contributed by atoms with Crippen molar-refractivity contribution in [2.24, 2.45) is 11.7 Å². The molecule has 76 valence electrons. The van der Waals surface area contributed by atoms with Crippen molar-refractivity contribution >= 4 is 11.8 Å². The Bertz CT molecular complexity index is 191. The first-order valence-corrected chi connectivity index (χ1v) is 6.23. The SMILES string of the molecule is CC1(F)CC(N)(C2CCCSC2)C1. The summed E-state index contributed by atoms with van der Waals surface area (Å²) in [6.45, 7) is 1.67. The van der Waals surface area contributed by atoms with Gasteiger partial charge in [0.25, 0.3) is 0 Å². The highest BCUT2D eigenvalue weighted by atomic mass is 32.2. The number of alkyl halides is 1. The van der Waals surface area contributed by atoms with Crippen LogP contribution >= 0.6 is 11.8 Å². The second kappa shape index (κ2) is 3.13. The van der Waals surface area contributed by atoms with E-state index >= 15 is 0 Å². The molecule has 2 aliphatic rings. The molecule has 0 amide bonds. The van der Waals surface area contributed by atoms with Crippen LogP contribution in [0.25, 0.3) is 0 Å². The van der Waals surface area contributed by atoms with Crippen LogP contribution in [0, 0.1) is 5.92 Å². The second-order valence-electron chi connectivity index (χ2n) is 4.91. The first-order chi connectivity index (χ1) is 6.02. The van der Waals surface area contributed by atoms with Gasteiger partial charge >= 0.3 is 0 Å². The van der Waals surface area contributed by atoms with E-state index in [2.05, 4.69) is 0 Å². The average molecular weight is 203 g/mol. The fraction of sp³-hybridized carbons (Fsp3) is 1.00. The van der Waals surface area contributed by atoms with Crippen molar-refractivity contribution in [3.8, 4) is 0 Å². The van der Waals surface area contributed by atoms with Gasteiger partial charge in [0.15, 0.2) is 0 Å². The monoisotopic (exact) mass is 203 g/mol. The number of hydrogen-bond acceptors (Lipinski definition) is 2. The van der Waals surface area contributed by atoms with E-state index in [1.165, 1.54) is 18.6 Å². The van der Waals surface area contributed by atoms with Gasteiger partial charge in [0.2, 0.25) is 0 Å². The molecule has 0 aromatic carbocycles. The van der Waals surface area contributed by atoms with Gasteiger partial charge in [-0.15, -0.1) is 0 Å². The fourth-order valence-corrected chi connectivity index (χ4v) is 4.12. The third-order valence-electron chi connectivity index (χ3n) is 3.37. The van der Waals surface area contributed by atoms with E-state index in [0.717, 1.165) is 5.75 Å². The molecule has 1 nitrogen and oxygen atoms in total. The number of nitrogens with two attached hydrogens (primary N) is 1. The van der Waals surface area contributed by atoms with Crippen molar-refractivity contribution < 1.29 is 4.39 Å². The normalized spacial score (nSPS) is 51.5. The summed E-state index contributed by atoms with van der Waals surface area (Å²) in [5.74, 6) is 2.97. The highest BCUT2D eigenvalue weighted by Crippen LogP contribution is 2.49. The lowest BCUT2D eigenvalue weighted by Crippen LogP contribution is -2.63. The Kier molecular flexibility index (Phi) is 2.35. The predicted octanol–water partition coefficient (Wildman–Crippen LogP) is 2.35. The van der Waals surface area contributed by atoms with Gasteiger partial charge in [-0.1, -0.05) is 0 Å². The molecule has 13 heavy (non-hydrogen) atoms. The molecule has 2 fully saturated rings. The average Bonchev–Trinajstić information content (AvgIpc) is 2.02. The molecular weight excluding hydrogens is 185 g/mol. The third-order valence-corrected chi connectivity index (χ3v) is 4.58. The molecule has 1 unspecified atom stereocenters. The maximum Gasteiger partial charge on any atom is 0.111 e. The minimum atomic E-state index is -0.975. The van der Waals surface area contributed by atoms with Crippen LogP contribution in [0.15, 0.2) is 0 Å². The molecule has 0 aromatic heterocycles. The third kappa shape index (κ3) is 1.86. The summed E-state index contributed by atoms with van der Waals surface area (Å²) in [7, 11) is 0. The van der Waals surface area contributed by atoms with Crippen molar-refractivity contribution in [1.29, 1.82) is 0 Å². The van der Waals surface area contributed by atoms with E-state index in [1.54, 1.807) is 6.92 Å². The van der Waals surface area contributed by atoms with Crippen molar-refractivity contribution in [2.45, 2.75) is 43.8 Å². The molecule has 1 heterocycles. The number of halogens is 1. The maximum atomic E-state index is 13.4. The van der Waals surface area contributed by atoms with Crippen molar-refractivity contribution in [1.82, 2.24) is 0 Å². The summed E-state index contributed by atoms with van der Waals surface area (Å²) in [6, 6.07) is 0. The van der Waals surface area contributed by atoms with Gasteiger partial charge in [-0.05, 0) is 50.0 Å². The van der Waals surface area contributed by atoms with Gasteiger partial charge in [0.1, 0.15) is 5.67 Å². The van der Waals surface area contributed by atoms with Gasteiger partial charge in [0.05, 0.1) is 0 Å². The topological polar surface area (TPSA) is 26.0 Å². The number of hydrogen-bond donors (Lipinski definition) is 1. The zero-order valence-corrected chi connectivity index (χ0v) is 9.00. The van der Waals surface area contributed by atoms with E-state index in [1.807, 2.05) is 11.8 Å². The summed E-state index contributed by atoms with van der Waals surface area (Å²) < 4.78 is 13.4. The maximum absolute atomic E-state index is 13.4. The van der Waals surface area contributed by atoms with E-state index in [4.69, 9.17) is 5.73 Å². The van der Waals surface area contributed by atoms with E-state index < -0.39 is 5.67 Å². The van der Waals surface area contributed by atoms with Gasteiger partial charge < -0.3 is 5.73 Å². The van der Waals surface area contributed by atoms with E-state index in [0.29, 0.717) is 18.8 Å². The summed E-state index contributed by atoms with van der Waals surface area (Å²) in [6.07, 6.45) is 3.62. The molecule has 1 aliphatic heterocycles. The molecule has 2 N–H and O–H groups in total. The molecule has 1 saturated heterocycles. The number of thioether (sulfide) groups is 1. The second-order valence-corrected chi connectivity index (χ2v) is 6.06. The van der Waals surface area contributed by atoms with Gasteiger partial charge in [-0.3, -0.25) is 0 Å². The van der Waals surface area contributed by atoms with Crippen LogP contribution in [0.2, 0.25) is 0 Å². The fourth-order valence-electron chi connectivity index (χ4n) is 2.80. The molecule has 1 saturated carbocycles. The Hall–Kier alpha value is 0.240. The summed E-state index contributed by atoms with van der Waals surface area (Å²) in [5.41, 5.74) is 5.05. The van der Waals surface area contributed by atoms with Crippen LogP contribution in [-0.2, 0) is 0 Å². The number of rotatable bonds is 1. The van der Waals surface area contributed by atoms with Crippen LogP contribution in [-0.4, -0.2) is 22.7 Å². The lowest BCUT2D eigenvalue weighted by atomic mass is 9.61. The molecule has 0 spiro atoms. The van der Waals surface area contributed by atoms with Crippen molar-refractivity contribution in [2.75, 3.05) is 11.5 Å². The molecule has 1 aliphatic carbocycles. The smallest absolute Gasteiger partial charge is 0.111 e. The molecule has 0 bridgehead atoms. The van der Waals surface area contributed by atoms with Gasteiger partial charge in [0, 0.05) is 5.54 Å². The summed E-state index contributed by atoms with van der Waals surface area (Å²) in [4.78, 5) is 0. The Balaban J connectivity index is 1.93. The lowest BCUT2D eigenvalue weighted by Gasteiger charge is -2.53. The molecule has 1 atom stereocenters. The lowest BCUT2D eigenvalue weighted by molar-refractivity contribution is -0.0257. The van der Waals surface area contributed by atoms with Gasteiger partial charge in [-0.25, -0.2) is 4.39 Å². The molecule has 0 radical (unpaired) electrons. The molecular formula is C10H18FNS. The van der Waals surface area contributed by atoms with Crippen molar-refractivity contribution in [3.05, 3.63) is 0 Å². The quantitative estimate of drug-likeness (QED) is 0.708. The van der Waals surface area contributed by atoms with Crippen LogP contribution < -0.4 is 5.73 Å². The largest absolute Gasteiger partial charge is 0.325 e. The highest BCUT2D eigenvalue weighted by molar-refractivity contribution is 7.99. The van der Waals surface area contributed by atoms with Crippen LogP contribution in [0.3, 0.4) is 0 Å². The predicted molar refractivity (Wildman–Crippen MR) is 55.7 cm³/mol. The Morgan fingerprint density at radius 3 is 2.62 bits per heavy atom. The minimum Gasteiger partial charge on any atom is -0.325 e. The van der Waals surface area contributed by atoms with E-state index in [-0.39, 0.29) is 5.54 Å². The minimum absolute atomic E-state index is 0.170. The first kappa shape index (κ1) is 9.78. The summed E-state index contributed by atoms with van der Waals surface area (Å²) in [5, 5.41) is 0. The van der Waals surface area contributed by atoms with Crippen molar-refractivity contribution in [3.63, 3.8) is 0 Å². The zero-order valence-electron chi connectivity index (χ0n) is 8.18. The Labute approximate surface area is 83.6 Å². The van der Waals surface area contributed by atoms with Gasteiger partial charge in [-0.2, -0.15) is 11.8 Å². The molecule has 2 rings (SSSR count). The zero-order chi connectivity index (χ0) is 9.53. The van der Waals surface area contributed by atoms with Crippen LogP contribution in [0.5, 0.6) is 0 Å². The van der Waals surface area contributed by atoms with Crippen LogP contribution in [0.4, 0.5) is 4.39 Å². The van der Waals surface area contributed by atoms with Crippen LogP contribution in [0.1, 0.15) is 32.6 Å².